The molecule has 1 aliphatic heterocycles. The average molecular weight is 354 g/mol. The van der Waals surface area contributed by atoms with E-state index in [2.05, 4.69) is 10.6 Å². The van der Waals surface area contributed by atoms with Crippen molar-refractivity contribution in [2.75, 3.05) is 23.8 Å². The zero-order valence-corrected chi connectivity index (χ0v) is 15.1. The number of ether oxygens (including phenoxy) is 2. The van der Waals surface area contributed by atoms with Crippen LogP contribution in [0.2, 0.25) is 0 Å². The number of para-hydroxylation sites is 1. The molecule has 0 unspecified atom stereocenters. The quantitative estimate of drug-likeness (QED) is 0.883. The van der Waals surface area contributed by atoms with E-state index in [-0.39, 0.29) is 18.4 Å². The summed E-state index contributed by atoms with van der Waals surface area (Å²) in [6, 6.07) is 12.7. The third kappa shape index (κ3) is 3.96. The Morgan fingerprint density at radius 3 is 2.81 bits per heavy atom. The Balaban J connectivity index is 1.65. The van der Waals surface area contributed by atoms with Gasteiger partial charge in [-0.25, -0.2) is 0 Å². The number of carbonyl (C=O) groups is 2. The molecule has 2 aromatic rings. The molecule has 136 valence electrons. The van der Waals surface area contributed by atoms with Crippen LogP contribution in [-0.2, 0) is 9.59 Å². The molecule has 0 saturated heterocycles. The summed E-state index contributed by atoms with van der Waals surface area (Å²) >= 11 is 0. The summed E-state index contributed by atoms with van der Waals surface area (Å²) in [7, 11) is 0. The highest BCUT2D eigenvalue weighted by molar-refractivity contribution is 5.98. The molecular weight excluding hydrogens is 332 g/mol. The number of hydrogen-bond acceptors (Lipinski definition) is 4. The van der Waals surface area contributed by atoms with Crippen molar-refractivity contribution in [1.29, 1.82) is 0 Å². The maximum absolute atomic E-state index is 12.2. The normalized spacial score (nSPS) is 15.1. The van der Waals surface area contributed by atoms with Gasteiger partial charge in [0.05, 0.1) is 11.1 Å². The topological polar surface area (TPSA) is 76.7 Å². The van der Waals surface area contributed by atoms with Gasteiger partial charge in [0, 0.05) is 5.69 Å². The Hall–Kier alpha value is -3.02. The van der Waals surface area contributed by atoms with Crippen LogP contribution in [-0.4, -0.2) is 25.0 Å². The van der Waals surface area contributed by atoms with Crippen LogP contribution < -0.4 is 20.1 Å². The fraction of sp³-hybridized carbons (Fsp3) is 0.300. The zero-order valence-electron chi connectivity index (χ0n) is 15.1. The molecule has 2 amide bonds. The number of benzene rings is 2. The van der Waals surface area contributed by atoms with E-state index in [1.54, 1.807) is 18.2 Å². The first-order valence-electron chi connectivity index (χ1n) is 8.42. The molecule has 0 radical (unpaired) electrons. The Labute approximate surface area is 152 Å². The minimum absolute atomic E-state index is 0.0994. The van der Waals surface area contributed by atoms with E-state index >= 15 is 0 Å². The first kappa shape index (κ1) is 17.8. The van der Waals surface area contributed by atoms with Crippen LogP contribution in [0.25, 0.3) is 0 Å². The van der Waals surface area contributed by atoms with E-state index in [1.807, 2.05) is 45.0 Å². The lowest BCUT2D eigenvalue weighted by atomic mass is 9.94. The van der Waals surface area contributed by atoms with Gasteiger partial charge in [-0.3, -0.25) is 9.59 Å². The molecule has 0 aromatic heterocycles. The van der Waals surface area contributed by atoms with Crippen LogP contribution in [0.4, 0.5) is 11.4 Å². The van der Waals surface area contributed by atoms with Crippen LogP contribution in [0.5, 0.6) is 11.5 Å². The van der Waals surface area contributed by atoms with Crippen molar-refractivity contribution >= 4 is 23.2 Å². The Morgan fingerprint density at radius 1 is 1.27 bits per heavy atom. The van der Waals surface area contributed by atoms with Gasteiger partial charge in [0.15, 0.2) is 6.61 Å². The van der Waals surface area contributed by atoms with E-state index in [1.165, 1.54) is 0 Å². The maximum Gasteiger partial charge on any atom is 0.262 e. The molecular formula is C20H22N2O4. The summed E-state index contributed by atoms with van der Waals surface area (Å²) in [5, 5.41) is 5.61. The third-order valence-corrected chi connectivity index (χ3v) is 4.17. The summed E-state index contributed by atoms with van der Waals surface area (Å²) in [5.74, 6) is 0.850. The smallest absolute Gasteiger partial charge is 0.262 e. The number of amides is 2. The van der Waals surface area contributed by atoms with Gasteiger partial charge in [-0.2, -0.15) is 0 Å². The number of aryl methyl sites for hydroxylation is 1. The maximum atomic E-state index is 12.2. The molecule has 1 heterocycles. The first-order chi connectivity index (χ1) is 12.3. The van der Waals surface area contributed by atoms with E-state index in [9.17, 15) is 9.59 Å². The Kier molecular flexibility index (Phi) is 4.84. The lowest BCUT2D eigenvalue weighted by Crippen LogP contribution is -2.33. The average Bonchev–Trinajstić information content (AvgIpc) is 2.70. The highest BCUT2D eigenvalue weighted by Crippen LogP contribution is 2.34. The number of carbonyl (C=O) groups excluding carboxylic acids is 2. The summed E-state index contributed by atoms with van der Waals surface area (Å²) < 4.78 is 11.2. The molecule has 6 nitrogen and oxygen atoms in total. The molecule has 2 aromatic carbocycles. The van der Waals surface area contributed by atoms with Crippen LogP contribution in [0, 0.1) is 12.3 Å². The molecule has 0 saturated carbocycles. The van der Waals surface area contributed by atoms with Gasteiger partial charge < -0.3 is 20.1 Å². The molecule has 6 heteroatoms. The van der Waals surface area contributed by atoms with E-state index in [4.69, 9.17) is 9.47 Å². The fourth-order valence-electron chi connectivity index (χ4n) is 2.51. The molecule has 0 spiro atoms. The van der Waals surface area contributed by atoms with Crippen LogP contribution in [0.3, 0.4) is 0 Å². The summed E-state index contributed by atoms with van der Waals surface area (Å²) in [6.07, 6.45) is 0. The highest BCUT2D eigenvalue weighted by Gasteiger charge is 2.32. The predicted molar refractivity (Wildman–Crippen MR) is 99.7 cm³/mol. The minimum atomic E-state index is -0.621. The third-order valence-electron chi connectivity index (χ3n) is 4.17. The second-order valence-electron chi connectivity index (χ2n) is 6.94. The highest BCUT2D eigenvalue weighted by atomic mass is 16.5. The van der Waals surface area contributed by atoms with Gasteiger partial charge in [-0.1, -0.05) is 18.2 Å². The SMILES string of the molecule is Cc1ccccc1OCC(=O)Nc1ccc2c(c1)NC(=O)C(C)(C)CO2. The van der Waals surface area contributed by atoms with Crippen LogP contribution >= 0.6 is 0 Å². The fourth-order valence-corrected chi connectivity index (χ4v) is 2.51. The van der Waals surface area contributed by atoms with Crippen LogP contribution in [0.15, 0.2) is 42.5 Å². The van der Waals surface area contributed by atoms with Crippen LogP contribution in [0.1, 0.15) is 19.4 Å². The lowest BCUT2D eigenvalue weighted by molar-refractivity contribution is -0.125. The van der Waals surface area contributed by atoms with E-state index in [0.717, 1.165) is 5.56 Å². The molecule has 26 heavy (non-hydrogen) atoms. The molecule has 2 N–H and O–H groups in total. The van der Waals surface area contributed by atoms with Gasteiger partial charge in [-0.05, 0) is 50.6 Å². The van der Waals surface area contributed by atoms with Crippen molar-refractivity contribution in [1.82, 2.24) is 0 Å². The van der Waals surface area contributed by atoms with Crippen molar-refractivity contribution in [3.63, 3.8) is 0 Å². The molecule has 0 atom stereocenters. The molecule has 0 aliphatic carbocycles. The Bertz CT molecular complexity index is 845. The number of fused-ring (bicyclic) bond motifs is 1. The minimum Gasteiger partial charge on any atom is -0.490 e. The predicted octanol–water partition coefficient (Wildman–Crippen LogP) is 3.37. The molecule has 0 fully saturated rings. The number of nitrogens with one attached hydrogen (secondary N) is 2. The Morgan fingerprint density at radius 2 is 2.04 bits per heavy atom. The number of anilines is 2. The number of rotatable bonds is 4. The monoisotopic (exact) mass is 354 g/mol. The summed E-state index contributed by atoms with van der Waals surface area (Å²) in [4.78, 5) is 24.4. The van der Waals surface area contributed by atoms with Gasteiger partial charge in [-0.15, -0.1) is 0 Å². The molecule has 3 rings (SSSR count). The molecule has 1 aliphatic rings. The summed E-state index contributed by atoms with van der Waals surface area (Å²) in [5.41, 5.74) is 1.45. The van der Waals surface area contributed by atoms with Gasteiger partial charge >= 0.3 is 0 Å². The van der Waals surface area contributed by atoms with E-state index in [0.29, 0.717) is 29.5 Å². The van der Waals surface area contributed by atoms with E-state index < -0.39 is 5.41 Å². The van der Waals surface area contributed by atoms with Gasteiger partial charge in [0.2, 0.25) is 5.91 Å². The van der Waals surface area contributed by atoms with Crippen molar-refractivity contribution in [3.8, 4) is 11.5 Å². The standard InChI is InChI=1S/C20H22N2O4/c1-13-6-4-5-7-16(13)25-11-18(23)21-14-8-9-17-15(10-14)22-19(24)20(2,3)12-26-17/h4-10H,11-12H2,1-3H3,(H,21,23)(H,22,24). The van der Waals surface area contributed by atoms with Crippen molar-refractivity contribution in [2.24, 2.45) is 5.41 Å². The van der Waals surface area contributed by atoms with Crippen molar-refractivity contribution in [3.05, 3.63) is 48.0 Å². The van der Waals surface area contributed by atoms with Gasteiger partial charge in [0.25, 0.3) is 5.91 Å². The lowest BCUT2D eigenvalue weighted by Gasteiger charge is -2.18. The second kappa shape index (κ2) is 7.07. The number of hydrogen-bond donors (Lipinski definition) is 2. The molecule has 0 bridgehead atoms. The van der Waals surface area contributed by atoms with Crippen molar-refractivity contribution < 1.29 is 19.1 Å². The second-order valence-corrected chi connectivity index (χ2v) is 6.94. The zero-order chi connectivity index (χ0) is 18.7. The first-order valence-corrected chi connectivity index (χ1v) is 8.42. The largest absolute Gasteiger partial charge is 0.490 e. The van der Waals surface area contributed by atoms with Crippen molar-refractivity contribution in [2.45, 2.75) is 20.8 Å². The van der Waals surface area contributed by atoms with Gasteiger partial charge in [0.1, 0.15) is 18.1 Å². The summed E-state index contributed by atoms with van der Waals surface area (Å²) in [6.45, 7) is 5.75.